The highest BCUT2D eigenvalue weighted by Crippen LogP contribution is 2.44. The molecule has 131 heavy (non-hydrogen) atoms. The van der Waals surface area contributed by atoms with Crippen molar-refractivity contribution in [1.82, 2.24) is 55.1 Å². The standard InChI is InChI=1S/C52H59N7O6.C41H45N5O5.C12H17NO2/c1-6-57(7-2)47(36-12-9-8-10-13-36)50(61)58-23-11-14-44(58)48-54-31-43(55-48)40-22-21-38-26-37(19-20-39(38)27-40)34-15-17-35(18-16-34)41-28-42(53-30-41)45-29-52(64-24-25-65-52)32-59(45)49(60)46(33(3)4)56-51(62)63-5;1-25(2)37(45-40(48)49-3)39(47)46-24-41(50-16-17-51-41)21-36(46)34-20-33(22-42-34)27-10-8-26(9-11-27)29-12-13-31-19-32(15-14-30(31)18-29)35-23-43-38(44-35)28-6-4-5-7-28;1-3-13(4-2)11(12(14)15)10-8-6-5-7-9-10/h8-10,12-13,15-22,26-27,30-31,33,44-47H,6-7,11,14,23-25,28-29,32H2,1-5H3,(H,54,55)(H,56,62);8-15,18-19,22-23,25,28,36-37H,4-7,16-17,20-21,24H2,1-3H3,(H,43,44)(H,45,48);5-9,11H,3-4H2,1-2H3,(H,14,15)/t44-,45-,46-,47+;36-,37-;11-/m001/s1. The fourth-order valence-electron chi connectivity index (χ4n) is 20.0. The van der Waals surface area contributed by atoms with Crippen LogP contribution in [0.4, 0.5) is 9.59 Å². The number of H-pyrrole nitrogens is 2. The van der Waals surface area contributed by atoms with Crippen LogP contribution in [0.15, 0.2) is 217 Å². The first kappa shape index (κ1) is 92.0. The van der Waals surface area contributed by atoms with Crippen molar-refractivity contribution < 1.29 is 62.3 Å². The van der Waals surface area contributed by atoms with Gasteiger partial charge in [-0.1, -0.05) is 226 Å². The Bertz CT molecular complexity index is 5860. The highest BCUT2D eigenvalue weighted by molar-refractivity contribution is 6.06. The lowest BCUT2D eigenvalue weighted by atomic mass is 9.95. The molecule has 2 aromatic heterocycles. The zero-order valence-electron chi connectivity index (χ0n) is 76.6. The minimum atomic E-state index is -0.886. The van der Waals surface area contributed by atoms with Crippen LogP contribution >= 0.6 is 0 Å². The Kier molecular flexibility index (Phi) is 28.8. The van der Waals surface area contributed by atoms with Gasteiger partial charge in [0.15, 0.2) is 11.6 Å². The number of aromatic nitrogens is 4. The molecule has 9 heterocycles. The number of amides is 5. The van der Waals surface area contributed by atoms with Crippen LogP contribution in [0.5, 0.6) is 0 Å². The zero-order valence-corrected chi connectivity index (χ0v) is 76.6. The Morgan fingerprint density at radius 1 is 0.458 bits per heavy atom. The normalized spacial score (nSPS) is 19.5. The van der Waals surface area contributed by atoms with Crippen LogP contribution in [0.25, 0.3) is 77.5 Å². The number of likely N-dealkylation sites (tertiary alicyclic amines) is 3. The topological polar surface area (TPSA) is 300 Å². The lowest BCUT2D eigenvalue weighted by Crippen LogP contribution is -2.54. The lowest BCUT2D eigenvalue weighted by Gasteiger charge is -2.34. The number of likely N-dealkylation sites (N-methyl/N-ethyl adjacent to an activating group) is 2. The van der Waals surface area contributed by atoms with E-state index in [1.165, 1.54) is 50.7 Å². The van der Waals surface area contributed by atoms with Gasteiger partial charge in [-0.3, -0.25) is 39.0 Å². The number of imidazole rings is 2. The molecule has 26 nitrogen and oxygen atoms in total. The Labute approximate surface area is 766 Å². The van der Waals surface area contributed by atoms with Crippen molar-refractivity contribution in [2.45, 2.75) is 179 Å². The molecule has 6 fully saturated rings. The number of nitrogens with one attached hydrogen (secondary N) is 4. The summed E-state index contributed by atoms with van der Waals surface area (Å²) in [6.07, 6.45) is 15.4. The molecule has 0 radical (unpaired) electrons. The number of aromatic amines is 2. The molecule has 18 rings (SSSR count). The number of fused-ring (bicyclic) bond motifs is 2. The third-order valence-corrected chi connectivity index (χ3v) is 27.2. The van der Waals surface area contributed by atoms with Gasteiger partial charge in [0.2, 0.25) is 17.7 Å². The molecule has 1 aliphatic carbocycles. The number of nitrogens with zero attached hydrogens (tertiary/aromatic N) is 9. The van der Waals surface area contributed by atoms with Crippen molar-refractivity contribution >= 4 is 80.0 Å². The molecule has 8 aromatic carbocycles. The van der Waals surface area contributed by atoms with Crippen LogP contribution in [-0.2, 0) is 47.6 Å². The summed E-state index contributed by atoms with van der Waals surface area (Å²) in [5.41, 5.74) is 16.7. The first-order valence-electron chi connectivity index (χ1n) is 46.5. The van der Waals surface area contributed by atoms with Gasteiger partial charge in [-0.05, 0) is 165 Å². The van der Waals surface area contributed by atoms with E-state index >= 15 is 0 Å². The molecular weight excluding hydrogens is 1650 g/mol. The van der Waals surface area contributed by atoms with E-state index in [1.807, 2.05) is 125 Å². The van der Waals surface area contributed by atoms with Gasteiger partial charge in [0.1, 0.15) is 35.8 Å². The van der Waals surface area contributed by atoms with Crippen molar-refractivity contribution in [3.05, 3.63) is 241 Å². The maximum atomic E-state index is 14.3. The number of rotatable bonds is 26. The third-order valence-electron chi connectivity index (χ3n) is 27.2. The van der Waals surface area contributed by atoms with Gasteiger partial charge in [0.05, 0.1) is 95.6 Å². The quantitative estimate of drug-likeness (QED) is 0.0336. The molecule has 10 aromatic rings. The van der Waals surface area contributed by atoms with E-state index in [0.717, 1.165) is 151 Å². The number of carbonyl (C=O) groups is 6. The highest BCUT2D eigenvalue weighted by atomic mass is 16.7. The van der Waals surface area contributed by atoms with E-state index < -0.39 is 47.9 Å². The smallest absolute Gasteiger partial charge is 0.407 e. The van der Waals surface area contributed by atoms with E-state index in [-0.39, 0.29) is 66.8 Å². The molecule has 7 atom stereocenters. The maximum absolute atomic E-state index is 14.3. The number of carboxylic acid groups (broad SMARTS) is 1. The van der Waals surface area contributed by atoms with Gasteiger partial charge in [-0.25, -0.2) is 19.6 Å². The minimum absolute atomic E-state index is 0.101. The summed E-state index contributed by atoms with van der Waals surface area (Å²) in [7, 11) is 2.59. The summed E-state index contributed by atoms with van der Waals surface area (Å²) in [6.45, 7) is 22.0. The molecule has 26 heteroatoms. The van der Waals surface area contributed by atoms with Crippen LogP contribution < -0.4 is 10.6 Å². The highest BCUT2D eigenvalue weighted by Gasteiger charge is 2.55. The first-order chi connectivity index (χ1) is 63.6. The first-order valence-corrected chi connectivity index (χ1v) is 46.5. The van der Waals surface area contributed by atoms with Crippen molar-refractivity contribution in [1.29, 1.82) is 0 Å². The fourth-order valence-corrected chi connectivity index (χ4v) is 20.0. The lowest BCUT2D eigenvalue weighted by molar-refractivity contribution is -0.153. The Morgan fingerprint density at radius 3 is 1.25 bits per heavy atom. The van der Waals surface area contributed by atoms with Crippen molar-refractivity contribution in [3.8, 4) is 44.8 Å². The number of hydrogen-bond acceptors (Lipinski definition) is 18. The maximum Gasteiger partial charge on any atom is 0.407 e. The molecule has 1 saturated carbocycles. The second-order valence-electron chi connectivity index (χ2n) is 35.9. The second kappa shape index (κ2) is 41.0. The molecule has 5 amide bonds. The van der Waals surface area contributed by atoms with Gasteiger partial charge in [0.25, 0.3) is 0 Å². The predicted molar refractivity (Wildman–Crippen MR) is 509 cm³/mol. The average molecular weight is 1770 g/mol. The zero-order chi connectivity index (χ0) is 91.6. The summed E-state index contributed by atoms with van der Waals surface area (Å²) in [4.78, 5) is 114. The van der Waals surface area contributed by atoms with E-state index in [0.29, 0.717) is 64.6 Å². The van der Waals surface area contributed by atoms with E-state index in [9.17, 15) is 33.9 Å². The Hall–Kier alpha value is -12.3. The van der Waals surface area contributed by atoms with Crippen LogP contribution in [0, 0.1) is 11.8 Å². The largest absolute Gasteiger partial charge is 0.480 e. The summed E-state index contributed by atoms with van der Waals surface area (Å²) in [6, 6.07) is 59.7. The third kappa shape index (κ3) is 20.3. The predicted octanol–water partition coefficient (Wildman–Crippen LogP) is 18.2. The second-order valence-corrected chi connectivity index (χ2v) is 35.9. The van der Waals surface area contributed by atoms with E-state index in [2.05, 4.69) is 173 Å². The number of methoxy groups -OCH3 is 2. The van der Waals surface area contributed by atoms with Crippen LogP contribution in [-0.4, -0.2) is 219 Å². The van der Waals surface area contributed by atoms with Gasteiger partial charge in [-0.15, -0.1) is 0 Å². The molecule has 684 valence electrons. The number of aliphatic imine (C=N–C) groups is 2. The number of ether oxygens (including phenoxy) is 6. The summed E-state index contributed by atoms with van der Waals surface area (Å²) in [5.74, 6) is -0.599. The summed E-state index contributed by atoms with van der Waals surface area (Å²) < 4.78 is 33.9. The Balaban J connectivity index is 0.000000168. The van der Waals surface area contributed by atoms with Crippen molar-refractivity contribution in [3.63, 3.8) is 0 Å². The van der Waals surface area contributed by atoms with Crippen LogP contribution in [0.2, 0.25) is 0 Å². The van der Waals surface area contributed by atoms with Crippen LogP contribution in [0.1, 0.15) is 178 Å². The van der Waals surface area contributed by atoms with Crippen molar-refractivity contribution in [2.24, 2.45) is 21.8 Å². The number of aliphatic carboxylic acids is 1. The van der Waals surface area contributed by atoms with Gasteiger partial charge >= 0.3 is 18.2 Å². The number of alkyl carbamates (subject to hydrolysis) is 2. The summed E-state index contributed by atoms with van der Waals surface area (Å²) in [5, 5.41) is 19.3. The average Bonchev–Trinajstić information content (AvgIpc) is 1.76. The molecule has 7 aliphatic heterocycles. The van der Waals surface area contributed by atoms with Gasteiger partial charge in [-0.2, -0.15) is 0 Å². The monoisotopic (exact) mass is 1770 g/mol. The van der Waals surface area contributed by atoms with Gasteiger partial charge in [0, 0.05) is 73.1 Å². The molecular formula is C105H121N13O13. The van der Waals surface area contributed by atoms with E-state index in [1.54, 1.807) is 9.80 Å². The molecule has 8 aliphatic rings. The number of carboxylic acids is 1. The SMILES string of the molecule is CCN(CC)[C@@H](C(=O)N1CCC[C@H]1c1ncc(-c2ccc3cc(-c4ccc(C5=CN=C([C@@H]6CC7(CN6C(=O)[C@@H](NC(=O)OC)C(C)C)OCCO7)C5)cc4)ccc3c2)[nH]1)c1ccccc1.CCN(CC)[C@@H](C(=O)O)c1ccccc1.COC(=O)N[C@H](C(=O)N1CC2(C[C@H]1C1=NC=C(c3ccc(-c4ccc5cc(-c6cnc(C7CCCC7)[nH]6)ccc5c4)cc3)C1)OCCO2)C(C)C. The molecule has 0 unspecified atom stereocenters. The number of allylic oxidation sites excluding steroid dienone is 2. The molecule has 0 bridgehead atoms. The van der Waals surface area contributed by atoms with Crippen molar-refractivity contribution in [2.75, 3.05) is 86.5 Å². The van der Waals surface area contributed by atoms with E-state index in [4.69, 9.17) is 48.4 Å². The number of hydrogen-bond donors (Lipinski definition) is 5. The minimum Gasteiger partial charge on any atom is -0.480 e. The molecule has 5 saturated heterocycles. The number of carbonyl (C=O) groups excluding carboxylic acids is 5. The fraction of sp³-hybridized carbons (Fsp3) is 0.410. The molecule has 2 spiro atoms. The summed E-state index contributed by atoms with van der Waals surface area (Å²) >= 11 is 0. The van der Waals surface area contributed by atoms with Crippen LogP contribution in [0.3, 0.4) is 0 Å². The molecule has 5 N–H and O–H groups in total. The Morgan fingerprint density at radius 2 is 0.840 bits per heavy atom. The van der Waals surface area contributed by atoms with Gasteiger partial charge < -0.3 is 68.8 Å². The number of benzene rings is 8.